The lowest BCUT2D eigenvalue weighted by molar-refractivity contribution is 1.25. The zero-order valence-electron chi connectivity index (χ0n) is 31.8. The maximum absolute atomic E-state index is 2.57. The summed E-state index contributed by atoms with van der Waals surface area (Å²) in [6.45, 7) is -0.0151. The fourth-order valence-electron chi connectivity index (χ4n) is 11.6. The average molecular weight is 747 g/mol. The first-order valence-corrected chi connectivity index (χ1v) is 20.6. The van der Waals surface area contributed by atoms with Gasteiger partial charge in [0.15, 0.2) is 0 Å². The van der Waals surface area contributed by atoms with Crippen LogP contribution in [0.3, 0.4) is 0 Å². The molecule has 0 unspecified atom stereocenters. The predicted molar refractivity (Wildman–Crippen MR) is 250 cm³/mol. The Morgan fingerprint density at radius 1 is 0.305 bits per heavy atom. The van der Waals surface area contributed by atoms with Gasteiger partial charge in [-0.15, -0.1) is 0 Å². The van der Waals surface area contributed by atoms with Crippen LogP contribution in [0.2, 0.25) is 0 Å². The quantitative estimate of drug-likeness (QED) is 0.164. The number of nitrogens with zero attached hydrogens (tertiary/aromatic N) is 4. The van der Waals surface area contributed by atoms with E-state index in [2.05, 4.69) is 207 Å². The summed E-state index contributed by atoms with van der Waals surface area (Å²) in [5.74, 6) is 0. The van der Waals surface area contributed by atoms with E-state index in [4.69, 9.17) is 0 Å². The lowest BCUT2D eigenvalue weighted by Gasteiger charge is -2.44. The first-order chi connectivity index (χ1) is 29.3. The SMILES string of the molecule is c1ccc(N2c3cccc4c3B(c3ccc5c(c32)c2cccc3c6ccccc6n5c32)c2ccc3c5cccc6c7ccccc7n(c3c2N4c2ccccc2)c65)cc1. The Hall–Kier alpha value is -7.76. The van der Waals surface area contributed by atoms with Crippen LogP contribution in [0.1, 0.15) is 0 Å². The zero-order valence-corrected chi connectivity index (χ0v) is 31.8. The van der Waals surface area contributed by atoms with Gasteiger partial charge in [0.25, 0.3) is 6.71 Å². The van der Waals surface area contributed by atoms with Gasteiger partial charge >= 0.3 is 0 Å². The van der Waals surface area contributed by atoms with Crippen molar-refractivity contribution in [3.8, 4) is 0 Å². The van der Waals surface area contributed by atoms with Gasteiger partial charge in [-0.2, -0.15) is 0 Å². The smallest absolute Gasteiger partial charge is 0.252 e. The van der Waals surface area contributed by atoms with Crippen molar-refractivity contribution in [1.29, 1.82) is 0 Å². The molecule has 9 aromatic carbocycles. The molecular formula is C54H31BN4. The van der Waals surface area contributed by atoms with Gasteiger partial charge in [-0.05, 0) is 71.0 Å². The van der Waals surface area contributed by atoms with E-state index in [9.17, 15) is 0 Å². The van der Waals surface area contributed by atoms with Crippen molar-refractivity contribution in [2.75, 3.05) is 9.80 Å². The summed E-state index contributed by atoms with van der Waals surface area (Å²) < 4.78 is 5.09. The van der Waals surface area contributed by atoms with Crippen molar-refractivity contribution in [2.45, 2.75) is 0 Å². The number of benzene rings is 9. The van der Waals surface area contributed by atoms with Gasteiger partial charge in [-0.1, -0.05) is 133 Å². The van der Waals surface area contributed by atoms with E-state index < -0.39 is 0 Å². The van der Waals surface area contributed by atoms with Crippen LogP contribution >= 0.6 is 0 Å². The largest absolute Gasteiger partial charge is 0.311 e. The number of aromatic nitrogens is 2. The normalized spacial score (nSPS) is 13.7. The summed E-state index contributed by atoms with van der Waals surface area (Å²) in [5.41, 5.74) is 18.8. The van der Waals surface area contributed by atoms with Crippen molar-refractivity contribution in [3.63, 3.8) is 0 Å². The van der Waals surface area contributed by atoms with Crippen molar-refractivity contribution in [2.24, 2.45) is 0 Å². The molecule has 0 fully saturated rings. The van der Waals surface area contributed by atoms with Crippen LogP contribution < -0.4 is 26.2 Å². The zero-order chi connectivity index (χ0) is 38.1. The first-order valence-electron chi connectivity index (χ1n) is 20.6. The highest BCUT2D eigenvalue weighted by Gasteiger charge is 2.45. The summed E-state index contributed by atoms with van der Waals surface area (Å²) in [4.78, 5) is 5.13. The molecule has 270 valence electrons. The maximum Gasteiger partial charge on any atom is 0.252 e. The highest BCUT2D eigenvalue weighted by atomic mass is 15.2. The first kappa shape index (κ1) is 30.4. The van der Waals surface area contributed by atoms with Crippen LogP contribution in [0.5, 0.6) is 0 Å². The van der Waals surface area contributed by atoms with Gasteiger partial charge in [-0.25, -0.2) is 0 Å². The van der Waals surface area contributed by atoms with Crippen molar-refractivity contribution < 1.29 is 0 Å². The number of rotatable bonds is 2. The Balaban J connectivity index is 1.15. The van der Waals surface area contributed by atoms with Gasteiger partial charge in [-0.3, -0.25) is 0 Å². The molecular weight excluding hydrogens is 715 g/mol. The van der Waals surface area contributed by atoms with E-state index in [0.29, 0.717) is 0 Å². The lowest BCUT2D eigenvalue weighted by atomic mass is 9.33. The van der Waals surface area contributed by atoms with E-state index >= 15 is 0 Å². The summed E-state index contributed by atoms with van der Waals surface area (Å²) in [6.07, 6.45) is 0. The molecule has 0 atom stereocenters. The summed E-state index contributed by atoms with van der Waals surface area (Å²) in [7, 11) is 0. The van der Waals surface area contributed by atoms with Crippen molar-refractivity contribution in [3.05, 3.63) is 188 Å². The standard InChI is InChI=1S/C54H31BN4/c1-3-14-32(15-4-1)56-46-26-13-27-47-49(46)55(41-30-31-45-48(53(41)56)40-23-12-21-37-34-18-7-9-24-43(34)58(45)51(37)40)42-29-28-39-38-22-11-20-36-35-19-8-10-25-44(35)59(50(36)38)52(39)54(42)57(47)33-16-5-2-6-17-33/h1-31H. The van der Waals surface area contributed by atoms with E-state index in [1.165, 1.54) is 115 Å². The second kappa shape index (κ2) is 10.6. The van der Waals surface area contributed by atoms with Crippen LogP contribution in [0, 0.1) is 0 Å². The fraction of sp³-hybridized carbons (Fsp3) is 0. The second-order valence-electron chi connectivity index (χ2n) is 16.4. The Morgan fingerprint density at radius 2 is 0.780 bits per heavy atom. The molecule has 0 bridgehead atoms. The molecule has 0 saturated carbocycles. The number of hydrogen-bond donors (Lipinski definition) is 0. The minimum atomic E-state index is -0.0151. The van der Waals surface area contributed by atoms with E-state index in [1.807, 2.05) is 0 Å². The molecule has 4 aromatic heterocycles. The number of para-hydroxylation sites is 6. The summed E-state index contributed by atoms with van der Waals surface area (Å²) >= 11 is 0. The third kappa shape index (κ3) is 3.52. The van der Waals surface area contributed by atoms with Gasteiger partial charge in [0, 0.05) is 65.8 Å². The average Bonchev–Trinajstić information content (AvgIpc) is 4.03. The van der Waals surface area contributed by atoms with Gasteiger partial charge in [0.1, 0.15) is 0 Å². The molecule has 0 spiro atoms. The number of hydrogen-bond acceptors (Lipinski definition) is 2. The molecule has 2 aliphatic heterocycles. The van der Waals surface area contributed by atoms with E-state index in [-0.39, 0.29) is 6.71 Å². The van der Waals surface area contributed by atoms with Crippen LogP contribution in [0.4, 0.5) is 34.1 Å². The third-order valence-electron chi connectivity index (χ3n) is 13.7. The van der Waals surface area contributed by atoms with Gasteiger partial charge in [0.2, 0.25) is 0 Å². The number of fused-ring (bicyclic) bond motifs is 18. The lowest BCUT2D eigenvalue weighted by Crippen LogP contribution is -2.61. The molecule has 0 radical (unpaired) electrons. The van der Waals surface area contributed by atoms with Crippen LogP contribution in [-0.2, 0) is 0 Å². The second-order valence-corrected chi connectivity index (χ2v) is 16.4. The molecule has 0 N–H and O–H groups in total. The van der Waals surface area contributed by atoms with Crippen molar-refractivity contribution >= 4 is 133 Å². The highest BCUT2D eigenvalue weighted by molar-refractivity contribution is 7.01. The molecule has 0 aliphatic carbocycles. The van der Waals surface area contributed by atoms with Crippen LogP contribution in [0.25, 0.3) is 76.2 Å². The Bertz CT molecular complexity index is 3920. The van der Waals surface area contributed by atoms with Crippen LogP contribution in [-0.4, -0.2) is 15.5 Å². The molecule has 5 heteroatoms. The highest BCUT2D eigenvalue weighted by Crippen LogP contribution is 2.51. The minimum absolute atomic E-state index is 0.0151. The molecule has 0 amide bonds. The third-order valence-corrected chi connectivity index (χ3v) is 13.7. The monoisotopic (exact) mass is 746 g/mol. The summed E-state index contributed by atoms with van der Waals surface area (Å²) in [5, 5.41) is 10.4. The molecule has 0 saturated heterocycles. The van der Waals surface area contributed by atoms with Gasteiger partial charge < -0.3 is 18.6 Å². The molecule has 13 aromatic rings. The molecule has 4 nitrogen and oxygen atoms in total. The summed E-state index contributed by atoms with van der Waals surface area (Å²) in [6, 6.07) is 70.3. The Morgan fingerprint density at radius 3 is 1.46 bits per heavy atom. The Kier molecular flexibility index (Phi) is 5.46. The predicted octanol–water partition coefficient (Wildman–Crippen LogP) is 12.1. The van der Waals surface area contributed by atoms with E-state index in [0.717, 1.165) is 11.4 Å². The fourth-order valence-corrected chi connectivity index (χ4v) is 11.6. The van der Waals surface area contributed by atoms with Gasteiger partial charge in [0.05, 0.1) is 44.5 Å². The minimum Gasteiger partial charge on any atom is -0.311 e. The molecule has 15 rings (SSSR count). The topological polar surface area (TPSA) is 15.3 Å². The van der Waals surface area contributed by atoms with Crippen molar-refractivity contribution in [1.82, 2.24) is 8.80 Å². The van der Waals surface area contributed by atoms with Crippen LogP contribution in [0.15, 0.2) is 188 Å². The molecule has 6 heterocycles. The maximum atomic E-state index is 2.57. The Labute approximate surface area is 338 Å². The molecule has 2 aliphatic rings. The number of anilines is 6. The molecule has 59 heavy (non-hydrogen) atoms. The van der Waals surface area contributed by atoms with E-state index in [1.54, 1.807) is 0 Å².